The van der Waals surface area contributed by atoms with Crippen molar-refractivity contribution in [3.05, 3.63) is 75.9 Å². The normalized spacial score (nSPS) is 15.2. The summed E-state index contributed by atoms with van der Waals surface area (Å²) in [5.74, 6) is 0.235. The van der Waals surface area contributed by atoms with Gasteiger partial charge in [-0.1, -0.05) is 18.2 Å². The van der Waals surface area contributed by atoms with Crippen LogP contribution in [0.1, 0.15) is 31.2 Å². The number of halogens is 1. The highest BCUT2D eigenvalue weighted by atomic mass is 32.1. The number of aryl methyl sites for hydroxylation is 1. The number of nitrogens with zero attached hydrogens (tertiary/aromatic N) is 2. The Kier molecular flexibility index (Phi) is 4.98. The van der Waals surface area contributed by atoms with Gasteiger partial charge in [0.1, 0.15) is 18.2 Å². The second kappa shape index (κ2) is 7.81. The van der Waals surface area contributed by atoms with E-state index < -0.39 is 0 Å². The van der Waals surface area contributed by atoms with Gasteiger partial charge >= 0.3 is 0 Å². The molecule has 2 aliphatic rings. The van der Waals surface area contributed by atoms with Gasteiger partial charge in [-0.05, 0) is 42.8 Å². The Morgan fingerprint density at radius 2 is 1.68 bits per heavy atom. The van der Waals surface area contributed by atoms with Crippen molar-refractivity contribution in [2.45, 2.75) is 13.5 Å². The number of para-hydroxylation sites is 1. The highest BCUT2D eigenvalue weighted by Gasteiger charge is 2.28. The fourth-order valence-electron chi connectivity index (χ4n) is 3.98. The van der Waals surface area contributed by atoms with Gasteiger partial charge in [-0.25, -0.2) is 4.39 Å². The zero-order chi connectivity index (χ0) is 21.5. The average Bonchev–Trinajstić information content (AvgIpc) is 3.25. The van der Waals surface area contributed by atoms with Crippen LogP contribution in [0, 0.1) is 12.7 Å². The molecular weight excluding hydrogens is 415 g/mol. The van der Waals surface area contributed by atoms with E-state index in [1.165, 1.54) is 17.4 Å². The molecule has 5 nitrogen and oxygen atoms in total. The second-order valence-corrected chi connectivity index (χ2v) is 8.85. The van der Waals surface area contributed by atoms with E-state index in [-0.39, 0.29) is 17.6 Å². The van der Waals surface area contributed by atoms with Crippen LogP contribution in [0.3, 0.4) is 0 Å². The van der Waals surface area contributed by atoms with E-state index in [9.17, 15) is 14.0 Å². The van der Waals surface area contributed by atoms with Crippen LogP contribution in [0.5, 0.6) is 5.75 Å². The van der Waals surface area contributed by atoms with Crippen LogP contribution in [0.4, 0.5) is 4.39 Å². The number of hydrogen-bond donors (Lipinski definition) is 0. The number of thiophene rings is 1. The second-order valence-electron chi connectivity index (χ2n) is 7.80. The maximum atomic E-state index is 13.8. The predicted octanol–water partition coefficient (Wildman–Crippen LogP) is 4.35. The van der Waals surface area contributed by atoms with Crippen molar-refractivity contribution < 1.29 is 18.7 Å². The third kappa shape index (κ3) is 3.59. The highest BCUT2D eigenvalue weighted by Crippen LogP contribution is 2.42. The fraction of sp³-hybridized carbons (Fsp3) is 0.250. The minimum Gasteiger partial charge on any atom is -0.488 e. The van der Waals surface area contributed by atoms with Crippen LogP contribution in [-0.4, -0.2) is 47.8 Å². The maximum Gasteiger partial charge on any atom is 0.264 e. The fourth-order valence-corrected chi connectivity index (χ4v) is 5.15. The van der Waals surface area contributed by atoms with Gasteiger partial charge in [0, 0.05) is 47.7 Å². The first-order chi connectivity index (χ1) is 15.0. The zero-order valence-corrected chi connectivity index (χ0v) is 17.9. The quantitative estimate of drug-likeness (QED) is 0.600. The zero-order valence-electron chi connectivity index (χ0n) is 17.1. The molecule has 2 amide bonds. The van der Waals surface area contributed by atoms with Crippen molar-refractivity contribution in [2.24, 2.45) is 0 Å². The Labute approximate surface area is 183 Å². The van der Waals surface area contributed by atoms with Crippen LogP contribution in [0.15, 0.2) is 48.5 Å². The Morgan fingerprint density at radius 3 is 2.42 bits per heavy atom. The third-order valence-corrected chi connectivity index (χ3v) is 7.01. The van der Waals surface area contributed by atoms with Crippen molar-refractivity contribution in [1.29, 1.82) is 0 Å². The molecule has 0 bridgehead atoms. The molecule has 3 heterocycles. The van der Waals surface area contributed by atoms with Gasteiger partial charge in [0.2, 0.25) is 0 Å². The smallest absolute Gasteiger partial charge is 0.264 e. The van der Waals surface area contributed by atoms with Crippen molar-refractivity contribution in [2.75, 3.05) is 26.2 Å². The number of carbonyl (C=O) groups excluding carboxylic acids is 2. The first-order valence-electron chi connectivity index (χ1n) is 10.2. The molecule has 7 heteroatoms. The molecular formula is C24H21FN2O3S. The molecule has 0 saturated carbocycles. The molecule has 2 aromatic carbocycles. The van der Waals surface area contributed by atoms with Crippen LogP contribution in [0.2, 0.25) is 0 Å². The molecule has 0 N–H and O–H groups in total. The Hall–Kier alpha value is -3.19. The van der Waals surface area contributed by atoms with E-state index in [1.54, 1.807) is 28.9 Å². The van der Waals surface area contributed by atoms with Gasteiger partial charge < -0.3 is 14.5 Å². The van der Waals surface area contributed by atoms with E-state index in [0.717, 1.165) is 21.8 Å². The number of fused-ring (bicyclic) bond motifs is 3. The van der Waals surface area contributed by atoms with Gasteiger partial charge in [-0.15, -0.1) is 11.3 Å². The molecule has 0 atom stereocenters. The highest BCUT2D eigenvalue weighted by molar-refractivity contribution is 7.17. The van der Waals surface area contributed by atoms with Crippen molar-refractivity contribution in [1.82, 2.24) is 9.80 Å². The topological polar surface area (TPSA) is 49.9 Å². The summed E-state index contributed by atoms with van der Waals surface area (Å²) >= 11 is 1.49. The summed E-state index contributed by atoms with van der Waals surface area (Å²) in [4.78, 5) is 31.0. The minimum atomic E-state index is -0.383. The molecule has 1 aromatic heterocycles. The van der Waals surface area contributed by atoms with Crippen molar-refractivity contribution in [3.8, 4) is 16.2 Å². The largest absolute Gasteiger partial charge is 0.488 e. The van der Waals surface area contributed by atoms with Crippen LogP contribution in [-0.2, 0) is 6.61 Å². The summed E-state index contributed by atoms with van der Waals surface area (Å²) in [7, 11) is 0. The van der Waals surface area contributed by atoms with Gasteiger partial charge in [0.15, 0.2) is 0 Å². The summed E-state index contributed by atoms with van der Waals surface area (Å²) in [5, 5.41) is 0. The third-order valence-electron chi connectivity index (χ3n) is 5.81. The Bertz CT molecular complexity index is 1180. The lowest BCUT2D eigenvalue weighted by Gasteiger charge is -2.34. The standard InChI is InChI=1S/C24H21FN2O3S/c1-15-6-7-16(12-19(15)25)23(28)26-8-10-27(11-9-26)24(29)21-13-17-14-30-20-5-3-2-4-18(20)22(17)31-21/h2-7,12-13H,8-11,14H2,1H3. The van der Waals surface area contributed by atoms with E-state index in [1.807, 2.05) is 30.3 Å². The number of ether oxygens (including phenoxy) is 1. The number of amides is 2. The van der Waals surface area contributed by atoms with Gasteiger partial charge in [-0.2, -0.15) is 0 Å². The SMILES string of the molecule is Cc1ccc(C(=O)N2CCN(C(=O)c3cc4c(s3)-c3ccccc3OC4)CC2)cc1F. The van der Waals surface area contributed by atoms with Crippen LogP contribution in [0.25, 0.3) is 10.4 Å². The lowest BCUT2D eigenvalue weighted by atomic mass is 10.1. The van der Waals surface area contributed by atoms with Gasteiger partial charge in [0.05, 0.1) is 4.88 Å². The monoisotopic (exact) mass is 436 g/mol. The van der Waals surface area contributed by atoms with E-state index in [2.05, 4.69) is 0 Å². The lowest BCUT2D eigenvalue weighted by Crippen LogP contribution is -2.50. The Morgan fingerprint density at radius 1 is 0.968 bits per heavy atom. The number of carbonyl (C=O) groups is 2. The molecule has 3 aromatic rings. The summed E-state index contributed by atoms with van der Waals surface area (Å²) in [6.07, 6.45) is 0. The summed E-state index contributed by atoms with van der Waals surface area (Å²) in [6, 6.07) is 14.3. The van der Waals surface area contributed by atoms with E-state index in [4.69, 9.17) is 4.74 Å². The number of hydrogen-bond acceptors (Lipinski definition) is 4. The van der Waals surface area contributed by atoms with Crippen molar-refractivity contribution in [3.63, 3.8) is 0 Å². The van der Waals surface area contributed by atoms with Gasteiger partial charge in [-0.3, -0.25) is 9.59 Å². The van der Waals surface area contributed by atoms with E-state index in [0.29, 0.717) is 48.8 Å². The molecule has 0 unspecified atom stereocenters. The average molecular weight is 437 g/mol. The molecule has 5 rings (SSSR count). The first-order valence-corrected chi connectivity index (χ1v) is 11.0. The molecule has 2 aliphatic heterocycles. The molecule has 0 aliphatic carbocycles. The van der Waals surface area contributed by atoms with Crippen LogP contribution < -0.4 is 4.74 Å². The number of benzene rings is 2. The predicted molar refractivity (Wildman–Crippen MR) is 117 cm³/mol. The molecule has 0 radical (unpaired) electrons. The first kappa shape index (κ1) is 19.8. The van der Waals surface area contributed by atoms with Crippen LogP contribution >= 0.6 is 11.3 Å². The minimum absolute atomic E-state index is 0.0228. The summed E-state index contributed by atoms with van der Waals surface area (Å²) < 4.78 is 19.6. The molecule has 31 heavy (non-hydrogen) atoms. The lowest BCUT2D eigenvalue weighted by molar-refractivity contribution is 0.0538. The molecule has 1 fully saturated rings. The molecule has 158 valence electrons. The number of rotatable bonds is 2. The number of piperazine rings is 1. The van der Waals surface area contributed by atoms with Gasteiger partial charge in [0.25, 0.3) is 11.8 Å². The molecule has 1 saturated heterocycles. The maximum absolute atomic E-state index is 13.8. The summed E-state index contributed by atoms with van der Waals surface area (Å²) in [6.45, 7) is 3.89. The van der Waals surface area contributed by atoms with E-state index >= 15 is 0 Å². The Balaban J connectivity index is 1.27. The summed E-state index contributed by atoms with van der Waals surface area (Å²) in [5.41, 5.74) is 2.90. The van der Waals surface area contributed by atoms with Crippen molar-refractivity contribution >= 4 is 23.2 Å². The molecule has 0 spiro atoms.